The molecule has 1 heterocycles. The van der Waals surface area contributed by atoms with Crippen LogP contribution in [-0.2, 0) is 0 Å². The quantitative estimate of drug-likeness (QED) is 0.137. The molecule has 0 unspecified atom stereocenters. The van der Waals surface area contributed by atoms with Gasteiger partial charge in [0.15, 0.2) is 0 Å². The highest BCUT2D eigenvalue weighted by Crippen LogP contribution is 2.52. The average Bonchev–Trinajstić information content (AvgIpc) is 3.89. The number of hydrogen-bond donors (Lipinski definition) is 0. The molecule has 0 saturated carbocycles. The van der Waals surface area contributed by atoms with E-state index < -0.39 is 251 Å². The molecule has 1 aromatic heterocycles. The fourth-order valence-electron chi connectivity index (χ4n) is 6.26. The topological polar surface area (TPSA) is 13.1 Å². The molecule has 1 heteroatoms. The largest absolute Gasteiger partial charge is 0.455 e. The zero-order chi connectivity index (χ0) is 55.8. The Morgan fingerprint density at radius 1 is 0.367 bits per heavy atom. The lowest BCUT2D eigenvalue weighted by Gasteiger charge is -2.18. The van der Waals surface area contributed by atoms with E-state index in [0.717, 1.165) is 0 Å². The third-order valence-electron chi connectivity index (χ3n) is 8.21. The normalized spacial score (nSPS) is 19.4. The molecule has 0 N–H and O–H groups in total. The molecule has 49 heavy (non-hydrogen) atoms. The van der Waals surface area contributed by atoms with Gasteiger partial charge in [-0.1, -0.05) is 181 Å². The molecule has 0 aliphatic rings. The van der Waals surface area contributed by atoms with Gasteiger partial charge < -0.3 is 4.42 Å². The van der Waals surface area contributed by atoms with Crippen molar-refractivity contribution in [1.82, 2.24) is 0 Å². The molecule has 0 atom stereocenters. The van der Waals surface area contributed by atoms with E-state index in [4.69, 9.17) is 30.5 Å². The fraction of sp³-hybridized carbons (Fsp3) is 0. The lowest BCUT2D eigenvalue weighted by Crippen LogP contribution is -1.92. The Bertz CT molecular complexity index is 4290. The monoisotopic (exact) mass is 649 g/mol. The molecular weight excluding hydrogens is 593 g/mol. The molecule has 0 radical (unpaired) electrons. The lowest BCUT2D eigenvalue weighted by molar-refractivity contribution is 0.634. The van der Waals surface area contributed by atoms with Crippen LogP contribution in [0.2, 0.25) is 0 Å². The molecule has 9 aromatic carbocycles. The van der Waals surface area contributed by atoms with Crippen LogP contribution in [0.5, 0.6) is 0 Å². The summed E-state index contributed by atoms with van der Waals surface area (Å²) in [5, 5.41) is -5.27. The summed E-state index contributed by atoms with van der Waals surface area (Å²) < 4.78 is 250. The molecule has 1 nitrogen and oxygen atoms in total. The standard InChI is InChI=1S/C48H30O/c1-3-15-31(16-4-1)36-26-14-28-42-46(48(49-47(36)42)41-27-13-20-34-30-29-32-17-7-8-21-35(32)43(34)41)45-39-24-11-9-22-37(39)44(33-18-5-2-6-19-33)38-23-10-12-25-40(38)45/h1-30H/i1D,2D,3D,4D,5D,6D,7D,8D,9D,10D,11D,12D,13D,15D,16D,17D,18D,19D,20D,21D,22D,23D,24D,25D,27D,29D,30D. The van der Waals surface area contributed by atoms with Crippen LogP contribution >= 0.6 is 0 Å². The van der Waals surface area contributed by atoms with Crippen molar-refractivity contribution in [3.05, 3.63) is 181 Å². The maximum absolute atomic E-state index is 9.69. The first-order valence-corrected chi connectivity index (χ1v) is 14.7. The summed E-state index contributed by atoms with van der Waals surface area (Å²) in [4.78, 5) is 0. The van der Waals surface area contributed by atoms with E-state index in [2.05, 4.69) is 0 Å². The van der Waals surface area contributed by atoms with Crippen molar-refractivity contribution in [3.8, 4) is 44.7 Å². The number of hydrogen-bond acceptors (Lipinski definition) is 1. The van der Waals surface area contributed by atoms with Gasteiger partial charge in [-0.2, -0.15) is 0 Å². The molecule has 10 rings (SSSR count). The van der Waals surface area contributed by atoms with Gasteiger partial charge in [0.25, 0.3) is 0 Å². The second-order valence-corrected chi connectivity index (χ2v) is 10.7. The molecule has 0 spiro atoms. The van der Waals surface area contributed by atoms with Crippen molar-refractivity contribution in [2.45, 2.75) is 0 Å². The van der Waals surface area contributed by atoms with Crippen LogP contribution in [0.25, 0.3) is 98.8 Å². The number of fused-ring (bicyclic) bond motifs is 6. The Morgan fingerprint density at radius 2 is 0.918 bits per heavy atom. The van der Waals surface area contributed by atoms with E-state index >= 15 is 0 Å². The number of rotatable bonds is 4. The minimum Gasteiger partial charge on any atom is -0.455 e. The minimum atomic E-state index is -0.970. The van der Waals surface area contributed by atoms with Gasteiger partial charge in [-0.15, -0.1) is 0 Å². The van der Waals surface area contributed by atoms with Crippen LogP contribution in [-0.4, -0.2) is 0 Å². The Balaban J connectivity index is 1.62. The summed E-state index contributed by atoms with van der Waals surface area (Å²) >= 11 is 0. The van der Waals surface area contributed by atoms with Crippen LogP contribution in [0.15, 0.2) is 186 Å². The van der Waals surface area contributed by atoms with Crippen molar-refractivity contribution < 1.29 is 41.4 Å². The van der Waals surface area contributed by atoms with Gasteiger partial charge in [0.1, 0.15) is 11.3 Å². The molecule has 0 aliphatic carbocycles. The Hall–Kier alpha value is -6.44. The van der Waals surface area contributed by atoms with Gasteiger partial charge in [-0.25, -0.2) is 0 Å². The van der Waals surface area contributed by atoms with Crippen LogP contribution < -0.4 is 0 Å². The van der Waals surface area contributed by atoms with E-state index in [9.17, 15) is 11.0 Å². The summed E-state index contributed by atoms with van der Waals surface area (Å²) in [5.41, 5.74) is -4.43. The Kier molecular flexibility index (Phi) is 2.69. The molecule has 0 saturated heterocycles. The molecule has 0 bridgehead atoms. The van der Waals surface area contributed by atoms with Crippen LogP contribution in [0.4, 0.5) is 0 Å². The predicted molar refractivity (Wildman–Crippen MR) is 208 cm³/mol. The van der Waals surface area contributed by atoms with Gasteiger partial charge >= 0.3 is 0 Å². The summed E-state index contributed by atoms with van der Waals surface area (Å²) in [6.45, 7) is 0. The zero-order valence-corrected chi connectivity index (χ0v) is 24.6. The van der Waals surface area contributed by atoms with Gasteiger partial charge in [-0.05, 0) is 54.4 Å². The second-order valence-electron chi connectivity index (χ2n) is 10.7. The lowest BCUT2D eigenvalue weighted by atomic mass is 9.84. The highest BCUT2D eigenvalue weighted by atomic mass is 16.3. The van der Waals surface area contributed by atoms with Crippen LogP contribution in [0, 0.1) is 0 Å². The van der Waals surface area contributed by atoms with Gasteiger partial charge in [0.05, 0.1) is 37.0 Å². The van der Waals surface area contributed by atoms with E-state index in [-0.39, 0.29) is 10.9 Å². The minimum absolute atomic E-state index is 0.263. The van der Waals surface area contributed by atoms with Gasteiger partial charge in [-0.3, -0.25) is 0 Å². The van der Waals surface area contributed by atoms with E-state index in [1.165, 1.54) is 18.2 Å². The van der Waals surface area contributed by atoms with Crippen molar-refractivity contribution in [2.24, 2.45) is 0 Å². The van der Waals surface area contributed by atoms with Crippen molar-refractivity contribution in [2.75, 3.05) is 0 Å². The van der Waals surface area contributed by atoms with Crippen molar-refractivity contribution in [3.63, 3.8) is 0 Å². The number of furan rings is 1. The summed E-state index contributed by atoms with van der Waals surface area (Å²) in [7, 11) is 0. The number of benzene rings is 9. The first-order chi connectivity index (χ1) is 35.6. The average molecular weight is 650 g/mol. The fourth-order valence-corrected chi connectivity index (χ4v) is 6.26. The summed E-state index contributed by atoms with van der Waals surface area (Å²) in [5.74, 6) is -0.734. The van der Waals surface area contributed by atoms with Crippen molar-refractivity contribution >= 4 is 54.1 Å². The summed E-state index contributed by atoms with van der Waals surface area (Å²) in [6.07, 6.45) is 0. The highest BCUT2D eigenvalue weighted by Gasteiger charge is 2.26. The van der Waals surface area contributed by atoms with Gasteiger partial charge in [0.2, 0.25) is 0 Å². The van der Waals surface area contributed by atoms with Crippen LogP contribution in [0.1, 0.15) is 37.0 Å². The molecule has 0 aliphatic heterocycles. The molecule has 0 fully saturated rings. The third kappa shape index (κ3) is 4.26. The maximum atomic E-state index is 9.69. The molecular formula is C48H30O. The van der Waals surface area contributed by atoms with Crippen LogP contribution in [0.3, 0.4) is 0 Å². The first-order valence-electron chi connectivity index (χ1n) is 28.2. The molecule has 228 valence electrons. The molecule has 0 amide bonds. The summed E-state index contributed by atoms with van der Waals surface area (Å²) in [6, 6.07) is -20.2. The third-order valence-corrected chi connectivity index (χ3v) is 8.21. The van der Waals surface area contributed by atoms with Crippen molar-refractivity contribution in [1.29, 1.82) is 0 Å². The van der Waals surface area contributed by atoms with E-state index in [1.54, 1.807) is 0 Å². The van der Waals surface area contributed by atoms with E-state index in [0.29, 0.717) is 0 Å². The zero-order valence-electron chi connectivity index (χ0n) is 51.6. The first kappa shape index (κ1) is 11.9. The second kappa shape index (κ2) is 11.1. The Labute approximate surface area is 322 Å². The molecule has 10 aromatic rings. The maximum Gasteiger partial charge on any atom is 0.143 e. The number of para-hydroxylation sites is 1. The predicted octanol–water partition coefficient (Wildman–Crippen LogP) is 13.7. The SMILES string of the molecule is [2H]c1c([2H])c([2H])c(-c2cccc3c(-c4c5c([2H])c([2H])c([2H])c([2H])c5c(-c5c([2H])c([2H])c([2H])c([2H])c5[2H])c5c([2H])c([2H])c([2H])c([2H])c45)c(-c4c([2H])c([2H])c([2H])c5c([2H])c([2H])c6c([2H])c([2H])c([2H])c([2H])c6c45)oc23)c([2H])c1[2H]. The van der Waals surface area contributed by atoms with Gasteiger partial charge in [0, 0.05) is 33.0 Å². The highest BCUT2D eigenvalue weighted by molar-refractivity contribution is 6.26. The van der Waals surface area contributed by atoms with E-state index in [1.807, 2.05) is 0 Å². The Morgan fingerprint density at radius 3 is 1.61 bits per heavy atom. The smallest absolute Gasteiger partial charge is 0.143 e.